The van der Waals surface area contributed by atoms with Crippen LogP contribution in [0, 0.1) is 12.7 Å². The van der Waals surface area contributed by atoms with Gasteiger partial charge in [-0.25, -0.2) is 4.39 Å². The molecule has 78 valence electrons. The molecule has 1 aromatic rings. The van der Waals surface area contributed by atoms with Crippen molar-refractivity contribution < 1.29 is 14.2 Å². The molecular formula is C11H15FO2. The van der Waals surface area contributed by atoms with Gasteiger partial charge in [-0.05, 0) is 31.0 Å². The summed E-state index contributed by atoms with van der Waals surface area (Å²) in [5.41, 5.74) is 1.43. The fraction of sp³-hybridized carbons (Fsp3) is 0.455. The first-order valence-corrected chi connectivity index (χ1v) is 4.55. The number of halogens is 1. The van der Waals surface area contributed by atoms with Gasteiger partial charge in [0.15, 0.2) is 11.6 Å². The van der Waals surface area contributed by atoms with Crippen molar-refractivity contribution >= 4 is 0 Å². The lowest BCUT2D eigenvalue weighted by Crippen LogP contribution is -2.07. The molecule has 1 aromatic carbocycles. The maximum atomic E-state index is 13.6. The third-order valence-electron chi connectivity index (χ3n) is 1.99. The van der Waals surface area contributed by atoms with Gasteiger partial charge in [0.25, 0.3) is 0 Å². The Labute approximate surface area is 83.3 Å². The van der Waals surface area contributed by atoms with Crippen LogP contribution in [0.5, 0.6) is 5.75 Å². The Bertz CT molecular complexity index is 321. The van der Waals surface area contributed by atoms with E-state index in [1.54, 1.807) is 19.1 Å². The lowest BCUT2D eigenvalue weighted by Gasteiger charge is -2.10. The molecule has 0 heterocycles. The SMILES string of the molecule is COc1cc(C)cc(CC(C)O)c1F. The minimum Gasteiger partial charge on any atom is -0.494 e. The summed E-state index contributed by atoms with van der Waals surface area (Å²) in [5, 5.41) is 9.18. The Balaban J connectivity index is 3.08. The second-order valence-electron chi connectivity index (χ2n) is 3.49. The third kappa shape index (κ3) is 2.45. The second kappa shape index (κ2) is 4.42. The lowest BCUT2D eigenvalue weighted by atomic mass is 10.0. The zero-order valence-electron chi connectivity index (χ0n) is 8.67. The summed E-state index contributed by atoms with van der Waals surface area (Å²) in [7, 11) is 1.43. The molecular weight excluding hydrogens is 183 g/mol. The molecule has 0 radical (unpaired) electrons. The van der Waals surface area contributed by atoms with Crippen molar-refractivity contribution in [2.45, 2.75) is 26.4 Å². The highest BCUT2D eigenvalue weighted by Gasteiger charge is 2.11. The average molecular weight is 198 g/mol. The van der Waals surface area contributed by atoms with Crippen LogP contribution in [0.3, 0.4) is 0 Å². The number of aliphatic hydroxyl groups is 1. The van der Waals surface area contributed by atoms with E-state index in [4.69, 9.17) is 4.74 Å². The number of aliphatic hydroxyl groups excluding tert-OH is 1. The molecule has 14 heavy (non-hydrogen) atoms. The summed E-state index contributed by atoms with van der Waals surface area (Å²) in [6, 6.07) is 3.37. The minimum atomic E-state index is -0.545. The van der Waals surface area contributed by atoms with Crippen LogP contribution >= 0.6 is 0 Å². The smallest absolute Gasteiger partial charge is 0.168 e. The Morgan fingerprint density at radius 2 is 2.14 bits per heavy atom. The fourth-order valence-electron chi connectivity index (χ4n) is 1.42. The number of aryl methyl sites for hydroxylation is 1. The van der Waals surface area contributed by atoms with E-state index in [1.165, 1.54) is 7.11 Å². The van der Waals surface area contributed by atoms with Crippen molar-refractivity contribution in [1.82, 2.24) is 0 Å². The van der Waals surface area contributed by atoms with E-state index in [-0.39, 0.29) is 11.6 Å². The Hall–Kier alpha value is -1.09. The van der Waals surface area contributed by atoms with Crippen molar-refractivity contribution in [3.8, 4) is 5.75 Å². The number of benzene rings is 1. The first-order chi connectivity index (χ1) is 6.54. The van der Waals surface area contributed by atoms with Gasteiger partial charge in [-0.2, -0.15) is 0 Å². The average Bonchev–Trinajstić information content (AvgIpc) is 2.09. The fourth-order valence-corrected chi connectivity index (χ4v) is 1.42. The zero-order chi connectivity index (χ0) is 10.7. The first kappa shape index (κ1) is 11.0. The first-order valence-electron chi connectivity index (χ1n) is 4.55. The summed E-state index contributed by atoms with van der Waals surface area (Å²) in [5.74, 6) is -0.139. The molecule has 0 aliphatic rings. The van der Waals surface area contributed by atoms with E-state index < -0.39 is 6.10 Å². The molecule has 0 aromatic heterocycles. The topological polar surface area (TPSA) is 29.5 Å². The van der Waals surface area contributed by atoms with Gasteiger partial charge in [-0.1, -0.05) is 6.07 Å². The van der Waals surface area contributed by atoms with E-state index in [0.717, 1.165) is 5.56 Å². The predicted molar refractivity (Wildman–Crippen MR) is 53.1 cm³/mol. The van der Waals surface area contributed by atoms with Crippen LogP contribution in [-0.2, 0) is 6.42 Å². The normalized spacial score (nSPS) is 12.6. The van der Waals surface area contributed by atoms with Crippen LogP contribution in [0.4, 0.5) is 4.39 Å². The molecule has 0 spiro atoms. The number of hydrogen-bond acceptors (Lipinski definition) is 2. The number of ether oxygens (including phenoxy) is 1. The van der Waals surface area contributed by atoms with Crippen molar-refractivity contribution in [2.24, 2.45) is 0 Å². The van der Waals surface area contributed by atoms with Crippen LogP contribution in [0.15, 0.2) is 12.1 Å². The van der Waals surface area contributed by atoms with E-state index in [0.29, 0.717) is 12.0 Å². The molecule has 2 nitrogen and oxygen atoms in total. The van der Waals surface area contributed by atoms with E-state index in [1.807, 2.05) is 6.92 Å². The number of methoxy groups -OCH3 is 1. The maximum absolute atomic E-state index is 13.6. The third-order valence-corrected chi connectivity index (χ3v) is 1.99. The van der Waals surface area contributed by atoms with Crippen LogP contribution in [0.2, 0.25) is 0 Å². The van der Waals surface area contributed by atoms with Crippen LogP contribution in [-0.4, -0.2) is 18.3 Å². The zero-order valence-corrected chi connectivity index (χ0v) is 8.67. The summed E-state index contributed by atoms with van der Waals surface area (Å²) in [4.78, 5) is 0. The number of rotatable bonds is 3. The molecule has 0 fully saturated rings. The molecule has 1 N–H and O–H groups in total. The van der Waals surface area contributed by atoms with Crippen molar-refractivity contribution in [3.63, 3.8) is 0 Å². The van der Waals surface area contributed by atoms with Gasteiger partial charge in [0.2, 0.25) is 0 Å². The summed E-state index contributed by atoms with van der Waals surface area (Å²) in [6.07, 6.45) is -0.236. The monoisotopic (exact) mass is 198 g/mol. The molecule has 0 amide bonds. The Morgan fingerprint density at radius 1 is 1.50 bits per heavy atom. The van der Waals surface area contributed by atoms with Crippen LogP contribution in [0.1, 0.15) is 18.1 Å². The molecule has 1 rings (SSSR count). The highest BCUT2D eigenvalue weighted by Crippen LogP contribution is 2.23. The van der Waals surface area contributed by atoms with Crippen LogP contribution in [0.25, 0.3) is 0 Å². The molecule has 0 aliphatic heterocycles. The quantitative estimate of drug-likeness (QED) is 0.805. The Kier molecular flexibility index (Phi) is 3.47. The van der Waals surface area contributed by atoms with Gasteiger partial charge in [0.05, 0.1) is 13.2 Å². The van der Waals surface area contributed by atoms with Crippen molar-refractivity contribution in [1.29, 1.82) is 0 Å². The second-order valence-corrected chi connectivity index (χ2v) is 3.49. The van der Waals surface area contributed by atoms with Gasteiger partial charge in [0, 0.05) is 6.42 Å². The standard InChI is InChI=1S/C11H15FO2/c1-7-4-9(6-8(2)13)11(12)10(5-7)14-3/h4-5,8,13H,6H2,1-3H3. The summed E-state index contributed by atoms with van der Waals surface area (Å²) >= 11 is 0. The number of hydrogen-bond donors (Lipinski definition) is 1. The lowest BCUT2D eigenvalue weighted by molar-refractivity contribution is 0.193. The van der Waals surface area contributed by atoms with E-state index in [2.05, 4.69) is 0 Å². The minimum absolute atomic E-state index is 0.237. The highest BCUT2D eigenvalue weighted by molar-refractivity contribution is 5.36. The van der Waals surface area contributed by atoms with Gasteiger partial charge in [-0.3, -0.25) is 0 Å². The molecule has 1 unspecified atom stereocenters. The predicted octanol–water partition coefficient (Wildman–Crippen LogP) is 2.07. The molecule has 0 saturated heterocycles. The van der Waals surface area contributed by atoms with Crippen LogP contribution < -0.4 is 4.74 Å². The van der Waals surface area contributed by atoms with Gasteiger partial charge in [0.1, 0.15) is 0 Å². The summed E-state index contributed by atoms with van der Waals surface area (Å²) in [6.45, 7) is 3.50. The molecule has 3 heteroatoms. The highest BCUT2D eigenvalue weighted by atomic mass is 19.1. The van der Waals surface area contributed by atoms with Gasteiger partial charge in [-0.15, -0.1) is 0 Å². The molecule has 0 bridgehead atoms. The largest absolute Gasteiger partial charge is 0.494 e. The van der Waals surface area contributed by atoms with Gasteiger partial charge >= 0.3 is 0 Å². The van der Waals surface area contributed by atoms with Crippen molar-refractivity contribution in [3.05, 3.63) is 29.1 Å². The van der Waals surface area contributed by atoms with E-state index in [9.17, 15) is 9.50 Å². The molecule has 0 aliphatic carbocycles. The summed E-state index contributed by atoms with van der Waals surface area (Å²) < 4.78 is 18.5. The van der Waals surface area contributed by atoms with E-state index >= 15 is 0 Å². The molecule has 1 atom stereocenters. The van der Waals surface area contributed by atoms with Gasteiger partial charge < -0.3 is 9.84 Å². The Morgan fingerprint density at radius 3 is 2.64 bits per heavy atom. The maximum Gasteiger partial charge on any atom is 0.168 e. The molecule has 0 saturated carbocycles. The van der Waals surface area contributed by atoms with Crippen molar-refractivity contribution in [2.75, 3.05) is 7.11 Å².